The van der Waals surface area contributed by atoms with E-state index in [1.165, 1.54) is 15.8 Å². The summed E-state index contributed by atoms with van der Waals surface area (Å²) in [5.74, 6) is 0.147. The van der Waals surface area contributed by atoms with E-state index in [-0.39, 0.29) is 5.91 Å². The van der Waals surface area contributed by atoms with Gasteiger partial charge in [0, 0.05) is 23.5 Å². The summed E-state index contributed by atoms with van der Waals surface area (Å²) in [4.78, 5) is 20.4. The van der Waals surface area contributed by atoms with Crippen molar-refractivity contribution in [1.82, 2.24) is 9.88 Å². The molecule has 0 saturated carbocycles. The van der Waals surface area contributed by atoms with Crippen LogP contribution in [0.25, 0.3) is 10.8 Å². The number of carbonyl (C=O) groups excluding carboxylic acids is 1. The summed E-state index contributed by atoms with van der Waals surface area (Å²) < 4.78 is 0. The van der Waals surface area contributed by atoms with Gasteiger partial charge in [-0.2, -0.15) is 0 Å². The van der Waals surface area contributed by atoms with Gasteiger partial charge >= 0.3 is 0 Å². The Hall–Kier alpha value is -2.72. The molecule has 0 unspecified atom stereocenters. The van der Waals surface area contributed by atoms with Gasteiger partial charge in [-0.1, -0.05) is 30.3 Å². The Morgan fingerprint density at radius 1 is 0.960 bits per heavy atom. The Balaban J connectivity index is 1.40. The molecule has 0 spiro atoms. The molecule has 1 fully saturated rings. The maximum Gasteiger partial charge on any atom is 0.254 e. The van der Waals surface area contributed by atoms with Crippen LogP contribution in [0.15, 0.2) is 67.0 Å². The van der Waals surface area contributed by atoms with Crippen molar-refractivity contribution >= 4 is 16.7 Å². The Morgan fingerprint density at radius 2 is 1.68 bits per heavy atom. The van der Waals surface area contributed by atoms with Crippen LogP contribution in [0.3, 0.4) is 0 Å². The number of aromatic nitrogens is 1. The molecule has 1 saturated heterocycles. The van der Waals surface area contributed by atoms with Gasteiger partial charge in [0.05, 0.1) is 26.2 Å². The molecule has 0 aliphatic carbocycles. The molecule has 1 N–H and O–H groups in total. The van der Waals surface area contributed by atoms with Gasteiger partial charge in [-0.25, -0.2) is 0 Å². The monoisotopic (exact) mass is 332 g/mol. The number of carbonyl (C=O) groups is 1. The molecule has 4 heteroatoms. The van der Waals surface area contributed by atoms with Gasteiger partial charge in [0.25, 0.3) is 5.91 Å². The van der Waals surface area contributed by atoms with E-state index in [1.807, 2.05) is 47.6 Å². The number of nitrogens with one attached hydrogen (secondary N) is 1. The van der Waals surface area contributed by atoms with E-state index < -0.39 is 0 Å². The fraction of sp³-hybridized carbons (Fsp3) is 0.238. The topological polar surface area (TPSA) is 37.6 Å². The molecule has 1 aliphatic heterocycles. The van der Waals surface area contributed by atoms with Crippen molar-refractivity contribution in [3.8, 4) is 0 Å². The summed E-state index contributed by atoms with van der Waals surface area (Å²) in [7, 11) is 0. The molecule has 1 aliphatic rings. The van der Waals surface area contributed by atoms with Crippen LogP contribution in [0.5, 0.6) is 0 Å². The number of quaternary nitrogens is 1. The van der Waals surface area contributed by atoms with E-state index in [0.717, 1.165) is 43.7 Å². The number of benzene rings is 2. The molecule has 4 rings (SSSR count). The maximum absolute atomic E-state index is 12.8. The fourth-order valence-electron chi connectivity index (χ4n) is 3.50. The highest BCUT2D eigenvalue weighted by atomic mass is 16.2. The first-order chi connectivity index (χ1) is 12.3. The van der Waals surface area contributed by atoms with Crippen LogP contribution in [0, 0.1) is 0 Å². The van der Waals surface area contributed by atoms with Crippen LogP contribution < -0.4 is 4.90 Å². The number of fused-ring (bicyclic) bond motifs is 1. The minimum Gasteiger partial charge on any atom is -0.328 e. The molecule has 126 valence electrons. The smallest absolute Gasteiger partial charge is 0.254 e. The minimum atomic E-state index is 0.147. The first-order valence-corrected chi connectivity index (χ1v) is 8.80. The summed E-state index contributed by atoms with van der Waals surface area (Å²) in [5.41, 5.74) is 2.09. The van der Waals surface area contributed by atoms with E-state index >= 15 is 0 Å². The number of piperazine rings is 1. The SMILES string of the molecule is O=C(c1ccc2ccccc2c1)N1CC[NH+](Cc2ccncc2)CC1. The average molecular weight is 332 g/mol. The molecule has 2 heterocycles. The zero-order valence-electron chi connectivity index (χ0n) is 14.2. The van der Waals surface area contributed by atoms with Crippen molar-refractivity contribution < 1.29 is 9.69 Å². The lowest BCUT2D eigenvalue weighted by Gasteiger charge is -2.32. The standard InChI is InChI=1S/C21H21N3O/c25-21(20-6-5-18-3-1-2-4-19(18)15-20)24-13-11-23(12-14-24)16-17-7-9-22-10-8-17/h1-10,15H,11-14,16H2/p+1. The highest BCUT2D eigenvalue weighted by Gasteiger charge is 2.24. The minimum absolute atomic E-state index is 0.147. The van der Waals surface area contributed by atoms with Crippen molar-refractivity contribution in [2.75, 3.05) is 26.2 Å². The molecule has 4 nitrogen and oxygen atoms in total. The first-order valence-electron chi connectivity index (χ1n) is 8.80. The summed E-state index contributed by atoms with van der Waals surface area (Å²) in [5, 5.41) is 2.29. The second kappa shape index (κ2) is 7.03. The molecule has 0 radical (unpaired) electrons. The zero-order valence-corrected chi connectivity index (χ0v) is 14.2. The molecular weight excluding hydrogens is 310 g/mol. The Morgan fingerprint density at radius 3 is 2.44 bits per heavy atom. The van der Waals surface area contributed by atoms with E-state index in [1.54, 1.807) is 0 Å². The van der Waals surface area contributed by atoms with Crippen molar-refractivity contribution in [3.05, 3.63) is 78.1 Å². The number of hydrogen-bond acceptors (Lipinski definition) is 2. The van der Waals surface area contributed by atoms with Crippen LogP contribution in [0.2, 0.25) is 0 Å². The molecule has 1 amide bonds. The van der Waals surface area contributed by atoms with Crippen LogP contribution >= 0.6 is 0 Å². The number of amides is 1. The lowest BCUT2D eigenvalue weighted by atomic mass is 10.1. The third-order valence-corrected chi connectivity index (χ3v) is 4.96. The average Bonchev–Trinajstić information content (AvgIpc) is 2.68. The van der Waals surface area contributed by atoms with Gasteiger partial charge in [-0.15, -0.1) is 0 Å². The van der Waals surface area contributed by atoms with Crippen LogP contribution in [-0.4, -0.2) is 42.0 Å². The largest absolute Gasteiger partial charge is 0.328 e. The second-order valence-electron chi connectivity index (χ2n) is 6.64. The summed E-state index contributed by atoms with van der Waals surface area (Å²) >= 11 is 0. The van der Waals surface area contributed by atoms with Crippen LogP contribution in [0.4, 0.5) is 0 Å². The first kappa shape index (κ1) is 15.8. The second-order valence-corrected chi connectivity index (χ2v) is 6.64. The molecule has 0 bridgehead atoms. The maximum atomic E-state index is 12.8. The third kappa shape index (κ3) is 3.54. The van der Waals surface area contributed by atoms with E-state index in [2.05, 4.69) is 29.2 Å². The van der Waals surface area contributed by atoms with Crippen molar-refractivity contribution in [2.45, 2.75) is 6.54 Å². The summed E-state index contributed by atoms with van der Waals surface area (Å²) in [6, 6.07) is 18.3. The quantitative estimate of drug-likeness (QED) is 0.794. The third-order valence-electron chi connectivity index (χ3n) is 4.96. The number of pyridine rings is 1. The lowest BCUT2D eigenvalue weighted by Crippen LogP contribution is -3.13. The number of nitrogens with zero attached hydrogens (tertiary/aromatic N) is 2. The lowest BCUT2D eigenvalue weighted by molar-refractivity contribution is -0.917. The van der Waals surface area contributed by atoms with Gasteiger partial charge in [-0.3, -0.25) is 9.78 Å². The zero-order chi connectivity index (χ0) is 17.1. The highest BCUT2D eigenvalue weighted by molar-refractivity contribution is 5.98. The Labute approximate surface area is 147 Å². The van der Waals surface area contributed by atoms with E-state index in [0.29, 0.717) is 0 Å². The van der Waals surface area contributed by atoms with Crippen LogP contribution in [-0.2, 0) is 6.54 Å². The van der Waals surface area contributed by atoms with Gasteiger partial charge in [-0.05, 0) is 35.0 Å². The Bertz CT molecular complexity index is 870. The van der Waals surface area contributed by atoms with Crippen molar-refractivity contribution in [2.24, 2.45) is 0 Å². The molecule has 2 aromatic carbocycles. The van der Waals surface area contributed by atoms with Gasteiger partial charge in [0.15, 0.2) is 0 Å². The fourth-order valence-corrected chi connectivity index (χ4v) is 3.50. The predicted octanol–water partition coefficient (Wildman–Crippen LogP) is 1.78. The molecular formula is C21H22N3O+. The number of rotatable bonds is 3. The molecule has 1 aromatic heterocycles. The van der Waals surface area contributed by atoms with Crippen molar-refractivity contribution in [3.63, 3.8) is 0 Å². The van der Waals surface area contributed by atoms with Gasteiger partial charge in [0.2, 0.25) is 0 Å². The summed E-state index contributed by atoms with van der Waals surface area (Å²) in [6.07, 6.45) is 3.68. The molecule has 25 heavy (non-hydrogen) atoms. The van der Waals surface area contributed by atoms with Gasteiger partial charge in [0.1, 0.15) is 6.54 Å². The van der Waals surface area contributed by atoms with E-state index in [9.17, 15) is 4.79 Å². The molecule has 0 atom stereocenters. The van der Waals surface area contributed by atoms with Crippen LogP contribution in [0.1, 0.15) is 15.9 Å². The van der Waals surface area contributed by atoms with Gasteiger partial charge < -0.3 is 9.80 Å². The van der Waals surface area contributed by atoms with E-state index in [4.69, 9.17) is 0 Å². The highest BCUT2D eigenvalue weighted by Crippen LogP contribution is 2.17. The normalized spacial score (nSPS) is 15.4. The Kier molecular flexibility index (Phi) is 4.44. The molecule has 3 aromatic rings. The predicted molar refractivity (Wildman–Crippen MR) is 98.5 cm³/mol. The van der Waals surface area contributed by atoms with Crippen molar-refractivity contribution in [1.29, 1.82) is 0 Å². The number of hydrogen-bond donors (Lipinski definition) is 1. The summed E-state index contributed by atoms with van der Waals surface area (Å²) in [6.45, 7) is 4.60.